The summed E-state index contributed by atoms with van der Waals surface area (Å²) in [5, 5.41) is 2.74. The minimum absolute atomic E-state index is 0.194. The highest BCUT2D eigenvalue weighted by Gasteiger charge is 2.11. The average Bonchev–Trinajstić information content (AvgIpc) is 2.55. The van der Waals surface area contributed by atoms with Crippen LogP contribution in [0.3, 0.4) is 0 Å². The lowest BCUT2D eigenvalue weighted by Crippen LogP contribution is -2.43. The molecule has 118 valence electrons. The van der Waals surface area contributed by atoms with E-state index in [4.69, 9.17) is 10.5 Å². The van der Waals surface area contributed by atoms with Gasteiger partial charge in [0.1, 0.15) is 6.04 Å². The van der Waals surface area contributed by atoms with Crippen LogP contribution >= 0.6 is 0 Å². The van der Waals surface area contributed by atoms with Crippen molar-refractivity contribution in [2.45, 2.75) is 19.5 Å². The van der Waals surface area contributed by atoms with Gasteiger partial charge in [0.15, 0.2) is 0 Å². The number of carbonyl (C=O) groups excluding carboxylic acids is 1. The Balaban J connectivity index is 0.000000287. The van der Waals surface area contributed by atoms with Gasteiger partial charge in [-0.05, 0) is 12.5 Å². The quantitative estimate of drug-likeness (QED) is 0.890. The van der Waals surface area contributed by atoms with Gasteiger partial charge in [-0.15, -0.1) is 0 Å². The maximum atomic E-state index is 11.4. The zero-order valence-electron chi connectivity index (χ0n) is 13.2. The van der Waals surface area contributed by atoms with E-state index in [0.717, 1.165) is 5.56 Å². The van der Waals surface area contributed by atoms with Crippen LogP contribution in [0.5, 0.6) is 0 Å². The molecule has 0 aliphatic carbocycles. The van der Waals surface area contributed by atoms with Crippen molar-refractivity contribution in [1.29, 1.82) is 0 Å². The molecule has 1 amide bonds. The number of aryl methyl sites for hydroxylation is 1. The summed E-state index contributed by atoms with van der Waals surface area (Å²) in [4.78, 5) is 11.4. The zero-order chi connectivity index (χ0) is 16.2. The van der Waals surface area contributed by atoms with Gasteiger partial charge in [-0.3, -0.25) is 4.79 Å². The van der Waals surface area contributed by atoms with Crippen molar-refractivity contribution in [3.8, 4) is 0 Å². The van der Waals surface area contributed by atoms with Crippen molar-refractivity contribution in [3.05, 3.63) is 71.8 Å². The predicted octanol–water partition coefficient (Wildman–Crippen LogP) is 2.27. The smallest absolute Gasteiger partial charge is 0.239 e. The van der Waals surface area contributed by atoms with E-state index in [0.29, 0.717) is 6.54 Å². The monoisotopic (exact) mass is 300 g/mol. The summed E-state index contributed by atoms with van der Waals surface area (Å²) in [5.74, 6) is -0.194. The second kappa shape index (κ2) is 10.5. The Morgan fingerprint density at radius 3 is 2.09 bits per heavy atom. The molecular formula is C18H24N2O2. The first-order valence-corrected chi connectivity index (χ1v) is 7.21. The van der Waals surface area contributed by atoms with E-state index < -0.39 is 6.04 Å². The first kappa shape index (κ1) is 17.9. The van der Waals surface area contributed by atoms with Crippen LogP contribution in [0.25, 0.3) is 0 Å². The summed E-state index contributed by atoms with van der Waals surface area (Å²) in [6, 6.07) is 19.3. The molecule has 0 radical (unpaired) electrons. The largest absolute Gasteiger partial charge is 0.383 e. The summed E-state index contributed by atoms with van der Waals surface area (Å²) in [5.41, 5.74) is 7.93. The number of methoxy groups -OCH3 is 1. The van der Waals surface area contributed by atoms with Gasteiger partial charge in [-0.25, -0.2) is 0 Å². The summed E-state index contributed by atoms with van der Waals surface area (Å²) in [7, 11) is 1.52. The topological polar surface area (TPSA) is 64.3 Å². The van der Waals surface area contributed by atoms with Gasteiger partial charge < -0.3 is 15.8 Å². The molecule has 3 N–H and O–H groups in total. The lowest BCUT2D eigenvalue weighted by atomic mass is 10.2. The second-order valence-electron chi connectivity index (χ2n) is 4.92. The number of hydrogen-bond donors (Lipinski definition) is 2. The maximum Gasteiger partial charge on any atom is 0.239 e. The van der Waals surface area contributed by atoms with Crippen molar-refractivity contribution in [2.75, 3.05) is 13.7 Å². The number of rotatable bonds is 5. The fourth-order valence-corrected chi connectivity index (χ4v) is 1.71. The normalized spacial score (nSPS) is 11.0. The van der Waals surface area contributed by atoms with Crippen LogP contribution in [-0.4, -0.2) is 25.7 Å². The minimum Gasteiger partial charge on any atom is -0.383 e. The molecule has 1 atom stereocenters. The Morgan fingerprint density at radius 1 is 1.09 bits per heavy atom. The van der Waals surface area contributed by atoms with Gasteiger partial charge >= 0.3 is 0 Å². The highest BCUT2D eigenvalue weighted by Crippen LogP contribution is 1.97. The van der Waals surface area contributed by atoms with E-state index in [1.54, 1.807) is 0 Å². The van der Waals surface area contributed by atoms with Gasteiger partial charge in [-0.1, -0.05) is 66.2 Å². The van der Waals surface area contributed by atoms with Crippen LogP contribution in [0.15, 0.2) is 60.7 Å². The van der Waals surface area contributed by atoms with E-state index in [1.165, 1.54) is 12.7 Å². The van der Waals surface area contributed by atoms with Crippen LogP contribution in [0, 0.1) is 6.92 Å². The highest BCUT2D eigenvalue weighted by molar-refractivity contribution is 5.81. The first-order chi connectivity index (χ1) is 10.6. The molecule has 4 nitrogen and oxygen atoms in total. The van der Waals surface area contributed by atoms with Gasteiger partial charge in [0.25, 0.3) is 0 Å². The summed E-state index contributed by atoms with van der Waals surface area (Å²) < 4.78 is 4.79. The third-order valence-electron chi connectivity index (χ3n) is 2.93. The third-order valence-corrected chi connectivity index (χ3v) is 2.93. The van der Waals surface area contributed by atoms with E-state index in [-0.39, 0.29) is 12.5 Å². The molecule has 22 heavy (non-hydrogen) atoms. The van der Waals surface area contributed by atoms with Crippen LogP contribution < -0.4 is 11.1 Å². The van der Waals surface area contributed by atoms with Gasteiger partial charge in [0, 0.05) is 13.7 Å². The Hall–Kier alpha value is -2.17. The Labute approximate surface area is 132 Å². The number of carbonyl (C=O) groups is 1. The van der Waals surface area contributed by atoms with E-state index >= 15 is 0 Å². The minimum atomic E-state index is -0.598. The molecule has 0 heterocycles. The third kappa shape index (κ3) is 7.57. The molecule has 0 bridgehead atoms. The Kier molecular flexibility index (Phi) is 8.57. The van der Waals surface area contributed by atoms with E-state index in [1.807, 2.05) is 48.5 Å². The summed E-state index contributed by atoms with van der Waals surface area (Å²) >= 11 is 0. The second-order valence-corrected chi connectivity index (χ2v) is 4.92. The number of hydrogen-bond acceptors (Lipinski definition) is 3. The van der Waals surface area contributed by atoms with Crippen molar-refractivity contribution in [1.82, 2.24) is 5.32 Å². The molecule has 0 aromatic heterocycles. The first-order valence-electron chi connectivity index (χ1n) is 7.21. The molecule has 2 rings (SSSR count). The molecule has 0 saturated heterocycles. The number of nitrogens with one attached hydrogen (secondary N) is 1. The van der Waals surface area contributed by atoms with Gasteiger partial charge in [0.05, 0.1) is 6.61 Å². The molecule has 0 saturated carbocycles. The van der Waals surface area contributed by atoms with Crippen molar-refractivity contribution < 1.29 is 9.53 Å². The molecule has 2 aromatic rings. The predicted molar refractivity (Wildman–Crippen MR) is 89.3 cm³/mol. The molecule has 4 heteroatoms. The Bertz CT molecular complexity index is 529. The van der Waals surface area contributed by atoms with Crippen LogP contribution in [0.1, 0.15) is 11.1 Å². The average molecular weight is 300 g/mol. The number of benzene rings is 2. The van der Waals surface area contributed by atoms with Crippen LogP contribution in [0.2, 0.25) is 0 Å². The lowest BCUT2D eigenvalue weighted by Gasteiger charge is -2.10. The molecular weight excluding hydrogens is 276 g/mol. The van der Waals surface area contributed by atoms with Crippen molar-refractivity contribution in [3.63, 3.8) is 0 Å². The van der Waals surface area contributed by atoms with Crippen molar-refractivity contribution >= 4 is 5.91 Å². The molecule has 0 fully saturated rings. The molecule has 0 aliphatic heterocycles. The molecule has 2 aromatic carbocycles. The summed E-state index contributed by atoms with van der Waals surface area (Å²) in [6.07, 6.45) is 0. The molecule has 0 aliphatic rings. The van der Waals surface area contributed by atoms with E-state index in [9.17, 15) is 4.79 Å². The number of amides is 1. The van der Waals surface area contributed by atoms with E-state index in [2.05, 4.69) is 24.4 Å². The fraction of sp³-hybridized carbons (Fsp3) is 0.278. The van der Waals surface area contributed by atoms with Gasteiger partial charge in [0.2, 0.25) is 5.91 Å². The SMILES string of the molecule is COCC(N)C(=O)NCc1ccccc1.Cc1ccccc1. The summed E-state index contributed by atoms with van der Waals surface area (Å²) in [6.45, 7) is 2.82. The fourth-order valence-electron chi connectivity index (χ4n) is 1.71. The highest BCUT2D eigenvalue weighted by atomic mass is 16.5. The van der Waals surface area contributed by atoms with Crippen LogP contribution in [0.4, 0.5) is 0 Å². The lowest BCUT2D eigenvalue weighted by molar-refractivity contribution is -0.123. The molecule has 1 unspecified atom stereocenters. The standard InChI is InChI=1S/C11H16N2O2.C7H8/c1-15-8-10(12)11(14)13-7-9-5-3-2-4-6-9;1-7-5-3-2-4-6-7/h2-6,10H,7-8,12H2,1H3,(H,13,14);2-6H,1H3. The molecule has 0 spiro atoms. The maximum absolute atomic E-state index is 11.4. The van der Waals surface area contributed by atoms with Crippen LogP contribution in [-0.2, 0) is 16.1 Å². The zero-order valence-corrected chi connectivity index (χ0v) is 13.2. The Morgan fingerprint density at radius 2 is 1.64 bits per heavy atom. The number of ether oxygens (including phenoxy) is 1. The van der Waals surface area contributed by atoms with Gasteiger partial charge in [-0.2, -0.15) is 0 Å². The number of nitrogens with two attached hydrogens (primary N) is 1. The van der Waals surface area contributed by atoms with Crippen molar-refractivity contribution in [2.24, 2.45) is 5.73 Å².